The van der Waals surface area contributed by atoms with Crippen molar-refractivity contribution in [2.75, 3.05) is 26.9 Å². The lowest BCUT2D eigenvalue weighted by Gasteiger charge is -2.08. The third kappa shape index (κ3) is 5.09. The normalized spacial score (nSPS) is 10.4. The highest BCUT2D eigenvalue weighted by Crippen LogP contribution is 2.16. The average Bonchev–Trinajstić information content (AvgIpc) is 2.44. The standard InChI is InChI=1S/C13H16F2N2O4/c1-20-4-5-21-7-10(18)17-6-8-2-3-9(13(16)19)12(15)11(8)14/h2-3H,4-7H2,1H3,(H2,16,19)(H,17,18). The van der Waals surface area contributed by atoms with Crippen LogP contribution in [0, 0.1) is 11.6 Å². The van der Waals surface area contributed by atoms with Gasteiger partial charge in [0.25, 0.3) is 5.91 Å². The smallest absolute Gasteiger partial charge is 0.251 e. The number of hydrogen-bond acceptors (Lipinski definition) is 4. The molecule has 21 heavy (non-hydrogen) atoms. The van der Waals surface area contributed by atoms with Gasteiger partial charge in [0.1, 0.15) is 6.61 Å². The van der Waals surface area contributed by atoms with Gasteiger partial charge in [0.15, 0.2) is 11.6 Å². The number of halogens is 2. The van der Waals surface area contributed by atoms with Gasteiger partial charge in [-0.1, -0.05) is 6.07 Å². The van der Waals surface area contributed by atoms with Crippen molar-refractivity contribution in [1.29, 1.82) is 0 Å². The lowest BCUT2D eigenvalue weighted by Crippen LogP contribution is -2.28. The first-order chi connectivity index (χ1) is 9.97. The van der Waals surface area contributed by atoms with Gasteiger partial charge < -0.3 is 20.5 Å². The number of benzene rings is 1. The Labute approximate surface area is 120 Å². The monoisotopic (exact) mass is 302 g/mol. The Hall–Kier alpha value is -2.06. The highest BCUT2D eigenvalue weighted by molar-refractivity contribution is 5.93. The Bertz CT molecular complexity index is 523. The topological polar surface area (TPSA) is 90.7 Å². The van der Waals surface area contributed by atoms with Crippen LogP contribution in [0.15, 0.2) is 12.1 Å². The minimum atomic E-state index is -1.33. The molecular formula is C13H16F2N2O4. The highest BCUT2D eigenvalue weighted by Gasteiger charge is 2.16. The van der Waals surface area contributed by atoms with Crippen LogP contribution in [0.1, 0.15) is 15.9 Å². The van der Waals surface area contributed by atoms with E-state index in [4.69, 9.17) is 15.2 Å². The fourth-order valence-electron chi connectivity index (χ4n) is 1.47. The van der Waals surface area contributed by atoms with E-state index < -0.39 is 29.0 Å². The lowest BCUT2D eigenvalue weighted by atomic mass is 10.1. The van der Waals surface area contributed by atoms with Gasteiger partial charge in [-0.3, -0.25) is 9.59 Å². The fourth-order valence-corrected chi connectivity index (χ4v) is 1.47. The molecule has 1 rings (SSSR count). The number of carbonyl (C=O) groups is 2. The van der Waals surface area contributed by atoms with E-state index in [2.05, 4.69) is 5.32 Å². The maximum atomic E-state index is 13.6. The van der Waals surface area contributed by atoms with Crippen LogP contribution in [0.5, 0.6) is 0 Å². The van der Waals surface area contributed by atoms with Crippen molar-refractivity contribution in [3.63, 3.8) is 0 Å². The Morgan fingerprint density at radius 2 is 1.95 bits per heavy atom. The number of carbonyl (C=O) groups excluding carboxylic acids is 2. The number of nitrogens with two attached hydrogens (primary N) is 1. The first-order valence-corrected chi connectivity index (χ1v) is 6.07. The van der Waals surface area contributed by atoms with Crippen molar-refractivity contribution in [2.45, 2.75) is 6.54 Å². The molecule has 0 fully saturated rings. The van der Waals surface area contributed by atoms with E-state index in [1.54, 1.807) is 0 Å². The molecule has 6 nitrogen and oxygen atoms in total. The average molecular weight is 302 g/mol. The molecule has 2 amide bonds. The summed E-state index contributed by atoms with van der Waals surface area (Å²) >= 11 is 0. The number of primary amides is 1. The highest BCUT2D eigenvalue weighted by atomic mass is 19.2. The molecule has 8 heteroatoms. The number of methoxy groups -OCH3 is 1. The summed E-state index contributed by atoms with van der Waals surface area (Å²) in [5.74, 6) is -4.09. The van der Waals surface area contributed by atoms with E-state index >= 15 is 0 Å². The van der Waals surface area contributed by atoms with Crippen LogP contribution < -0.4 is 11.1 Å². The maximum absolute atomic E-state index is 13.6. The van der Waals surface area contributed by atoms with Crippen molar-refractivity contribution in [1.82, 2.24) is 5.32 Å². The van der Waals surface area contributed by atoms with Gasteiger partial charge in [-0.25, -0.2) is 8.78 Å². The van der Waals surface area contributed by atoms with Gasteiger partial charge in [-0.15, -0.1) is 0 Å². The van der Waals surface area contributed by atoms with Crippen LogP contribution in [-0.2, 0) is 20.8 Å². The summed E-state index contributed by atoms with van der Waals surface area (Å²) in [6.45, 7) is 0.156. The van der Waals surface area contributed by atoms with Gasteiger partial charge in [-0.2, -0.15) is 0 Å². The zero-order valence-electron chi connectivity index (χ0n) is 11.4. The van der Waals surface area contributed by atoms with E-state index in [1.807, 2.05) is 0 Å². The summed E-state index contributed by atoms with van der Waals surface area (Å²) in [7, 11) is 1.50. The summed E-state index contributed by atoms with van der Waals surface area (Å²) in [6, 6.07) is 2.25. The van der Waals surface area contributed by atoms with Gasteiger partial charge in [-0.05, 0) is 6.07 Å². The number of nitrogens with one attached hydrogen (secondary N) is 1. The number of amides is 2. The molecular weight excluding hydrogens is 286 g/mol. The molecule has 3 N–H and O–H groups in total. The molecule has 0 aliphatic rings. The summed E-state index contributed by atoms with van der Waals surface area (Å²) in [5, 5.41) is 2.37. The van der Waals surface area contributed by atoms with Crippen LogP contribution >= 0.6 is 0 Å². The van der Waals surface area contributed by atoms with Crippen LogP contribution in [-0.4, -0.2) is 38.7 Å². The molecule has 0 heterocycles. The molecule has 0 aliphatic heterocycles. The van der Waals surface area contributed by atoms with E-state index in [-0.39, 0.29) is 25.3 Å². The summed E-state index contributed by atoms with van der Waals surface area (Å²) in [5.41, 5.74) is 4.26. The van der Waals surface area contributed by atoms with Crippen LogP contribution in [0.4, 0.5) is 8.78 Å². The van der Waals surface area contributed by atoms with Crippen LogP contribution in [0.25, 0.3) is 0 Å². The quantitative estimate of drug-likeness (QED) is 0.678. The minimum absolute atomic E-state index is 0.0947. The van der Waals surface area contributed by atoms with Crippen molar-refractivity contribution in [2.24, 2.45) is 5.73 Å². The molecule has 0 atom stereocenters. The Morgan fingerprint density at radius 3 is 2.57 bits per heavy atom. The Balaban J connectivity index is 2.54. The molecule has 116 valence electrons. The zero-order valence-corrected chi connectivity index (χ0v) is 11.4. The predicted molar refractivity (Wildman–Crippen MR) is 69.4 cm³/mol. The van der Waals surface area contributed by atoms with Gasteiger partial charge >= 0.3 is 0 Å². The molecule has 0 aromatic heterocycles. The molecule has 0 radical (unpaired) electrons. The second-order valence-corrected chi connectivity index (χ2v) is 4.09. The summed E-state index contributed by atoms with van der Waals surface area (Å²) < 4.78 is 36.8. The van der Waals surface area contributed by atoms with Crippen LogP contribution in [0.2, 0.25) is 0 Å². The predicted octanol–water partition coefficient (Wildman–Crippen LogP) is 0.343. The second kappa shape index (κ2) is 8.28. The summed E-state index contributed by atoms with van der Waals surface area (Å²) in [6.07, 6.45) is 0. The molecule has 0 aliphatic carbocycles. The summed E-state index contributed by atoms with van der Waals surface area (Å²) in [4.78, 5) is 22.2. The Morgan fingerprint density at radius 1 is 1.24 bits per heavy atom. The SMILES string of the molecule is COCCOCC(=O)NCc1ccc(C(N)=O)c(F)c1F. The molecule has 0 spiro atoms. The molecule has 1 aromatic carbocycles. The Kier molecular flexibility index (Phi) is 6.70. The van der Waals surface area contributed by atoms with Crippen LogP contribution in [0.3, 0.4) is 0 Å². The van der Waals surface area contributed by atoms with E-state index in [1.165, 1.54) is 13.2 Å². The first-order valence-electron chi connectivity index (χ1n) is 6.07. The second-order valence-electron chi connectivity index (χ2n) is 4.09. The van der Waals surface area contributed by atoms with Crippen molar-refractivity contribution in [3.05, 3.63) is 34.9 Å². The minimum Gasteiger partial charge on any atom is -0.382 e. The molecule has 0 unspecified atom stereocenters. The number of hydrogen-bond donors (Lipinski definition) is 2. The zero-order chi connectivity index (χ0) is 15.8. The third-order valence-electron chi connectivity index (χ3n) is 2.57. The van der Waals surface area contributed by atoms with E-state index in [0.717, 1.165) is 6.07 Å². The van der Waals surface area contributed by atoms with Gasteiger partial charge in [0.2, 0.25) is 5.91 Å². The molecule has 0 bridgehead atoms. The van der Waals surface area contributed by atoms with Crippen molar-refractivity contribution in [3.8, 4) is 0 Å². The lowest BCUT2D eigenvalue weighted by molar-refractivity contribution is -0.126. The van der Waals surface area contributed by atoms with E-state index in [0.29, 0.717) is 6.61 Å². The molecule has 0 saturated carbocycles. The number of ether oxygens (including phenoxy) is 2. The van der Waals surface area contributed by atoms with Crippen molar-refractivity contribution < 1.29 is 27.8 Å². The maximum Gasteiger partial charge on any atom is 0.251 e. The molecule has 1 aromatic rings. The van der Waals surface area contributed by atoms with E-state index in [9.17, 15) is 18.4 Å². The van der Waals surface area contributed by atoms with Gasteiger partial charge in [0.05, 0.1) is 18.8 Å². The third-order valence-corrected chi connectivity index (χ3v) is 2.57. The largest absolute Gasteiger partial charge is 0.382 e. The molecule has 0 saturated heterocycles. The first kappa shape index (κ1) is 17.0. The van der Waals surface area contributed by atoms with Crippen molar-refractivity contribution >= 4 is 11.8 Å². The fraction of sp³-hybridized carbons (Fsp3) is 0.385. The number of rotatable bonds is 8. The van der Waals surface area contributed by atoms with Gasteiger partial charge in [0, 0.05) is 19.2 Å².